The summed E-state index contributed by atoms with van der Waals surface area (Å²) < 4.78 is 10.5. The summed E-state index contributed by atoms with van der Waals surface area (Å²) in [5, 5.41) is 21.5. The van der Waals surface area contributed by atoms with Crippen LogP contribution in [0.4, 0.5) is 0 Å². The maximum Gasteiger partial charge on any atom is 0.329 e. The van der Waals surface area contributed by atoms with Gasteiger partial charge >= 0.3 is 11.9 Å². The van der Waals surface area contributed by atoms with Crippen LogP contribution in [0.5, 0.6) is 5.75 Å². The predicted octanol–water partition coefficient (Wildman–Crippen LogP) is 0.946. The van der Waals surface area contributed by atoms with Gasteiger partial charge in [-0.05, 0) is 56.2 Å². The van der Waals surface area contributed by atoms with Crippen LogP contribution in [-0.2, 0) is 47.8 Å². The van der Waals surface area contributed by atoms with Crippen molar-refractivity contribution in [3.05, 3.63) is 72.2 Å². The Labute approximate surface area is 458 Å². The van der Waals surface area contributed by atoms with Crippen LogP contribution in [0.3, 0.4) is 0 Å². The fourth-order valence-corrected chi connectivity index (χ4v) is 11.6. The number of esters is 2. The number of nitrogens with one attached hydrogen (secondary N) is 4. The van der Waals surface area contributed by atoms with Gasteiger partial charge in [0.05, 0.1) is 27.3 Å². The zero-order chi connectivity index (χ0) is 57.4. The van der Waals surface area contributed by atoms with Gasteiger partial charge in [-0.25, -0.2) is 19.6 Å². The Morgan fingerprint density at radius 2 is 1.18 bits per heavy atom. The number of aromatic hydroxyl groups is 1. The lowest BCUT2D eigenvalue weighted by molar-refractivity contribution is -0.160. The Kier molecular flexibility index (Phi) is 19.6. The quantitative estimate of drug-likeness (QED) is 0.161. The molecule has 2 saturated heterocycles. The highest BCUT2D eigenvalue weighted by Crippen LogP contribution is 2.32. The van der Waals surface area contributed by atoms with Gasteiger partial charge in [0.25, 0.3) is 11.8 Å². The average molecular weight is 1120 g/mol. The lowest BCUT2D eigenvalue weighted by Crippen LogP contribution is -2.60. The number of carbonyl (C=O) groups excluding carboxylic acids is 10. The number of hydrogen-bond donors (Lipinski definition) is 5. The van der Waals surface area contributed by atoms with Crippen molar-refractivity contribution in [1.82, 2.24) is 55.8 Å². The van der Waals surface area contributed by atoms with Crippen molar-refractivity contribution >= 4 is 105 Å². The fraction of sp³-hybridized carbons (Fsp3) is 0.481. The molecule has 2 fully saturated rings. The lowest BCUT2D eigenvalue weighted by Gasteiger charge is -2.40. The van der Waals surface area contributed by atoms with E-state index in [1.54, 1.807) is 82.5 Å². The van der Waals surface area contributed by atoms with Crippen molar-refractivity contribution in [2.75, 3.05) is 53.4 Å². The number of ether oxygens (including phenoxy) is 2. The first-order chi connectivity index (χ1) is 36.9. The number of fused-ring (bicyclic) bond motifs is 6. The summed E-state index contributed by atoms with van der Waals surface area (Å²) in [4.78, 5) is 162. The number of nitrogens with zero attached hydrogens (tertiary/aromatic N) is 7. The first-order valence-electron chi connectivity index (χ1n) is 24.9. The third kappa shape index (κ3) is 13.4. The molecule has 2 aliphatic heterocycles. The number of para-hydroxylation sites is 3. The molecule has 4 aromatic rings. The molecule has 24 nitrogen and oxygen atoms in total. The number of amides is 8. The Balaban J connectivity index is 1.43. The third-order valence-corrected chi connectivity index (χ3v) is 16.2. The van der Waals surface area contributed by atoms with Gasteiger partial charge in [0, 0.05) is 39.3 Å². The van der Waals surface area contributed by atoms with Crippen LogP contribution in [0.1, 0.15) is 62.5 Å². The van der Waals surface area contributed by atoms with E-state index in [9.17, 15) is 43.5 Å². The highest BCUT2D eigenvalue weighted by molar-refractivity contribution is 8.16. The molecule has 9 atom stereocenters. The third-order valence-electron chi connectivity index (χ3n) is 13.4. The standard InChI is InChI=1S/C52H65N11O13S2/c1-25(2)39-50(73)75-22-34(58-42(65)33-21-53-31-18-14-15-19-32(31)56-33)43(66)55-28(6)47(70)63(10)41-49(72)62(9)40(26(3)4)51(74)76-23-35(59-45(68)38-37(64)20-29-16-12-13-17-30(29)57-38)44(67)54-27(5)46(69)60(7)36(48(71)61(39)8)24-78-52(41)77-11/h12-21,25-28,34-36,39-41,52,64H,22-24H2,1-11H3,(H,54,67)(H,55,66)(H,58,65)(H,59,68)/t27-,28-,34+,35+,36-,39-,40-,41+,52?/m0/s1. The molecule has 2 aromatic heterocycles. The molecule has 1 unspecified atom stereocenters. The number of likely N-dealkylation sites (N-methyl/N-ethyl adjacent to an activating group) is 4. The summed E-state index contributed by atoms with van der Waals surface area (Å²) >= 11 is 2.13. The van der Waals surface area contributed by atoms with Gasteiger partial charge in [-0.2, -0.15) is 0 Å². The minimum absolute atomic E-state index is 0.188. The maximum absolute atomic E-state index is 15.2. The Bertz CT molecular complexity index is 2980. The molecule has 2 aromatic carbocycles. The zero-order valence-corrected chi connectivity index (χ0v) is 46.7. The number of pyridine rings is 1. The molecule has 0 aliphatic carbocycles. The second-order valence-electron chi connectivity index (χ2n) is 19.6. The largest absolute Gasteiger partial charge is 0.505 e. The van der Waals surface area contributed by atoms with Gasteiger partial charge in [-0.1, -0.05) is 58.0 Å². The number of carbonyl (C=O) groups is 10. The van der Waals surface area contributed by atoms with Gasteiger partial charge in [0.15, 0.2) is 5.69 Å². The van der Waals surface area contributed by atoms with E-state index >= 15 is 9.59 Å². The van der Waals surface area contributed by atoms with Crippen LogP contribution in [0.2, 0.25) is 0 Å². The van der Waals surface area contributed by atoms with Crippen LogP contribution >= 0.6 is 23.5 Å². The van der Waals surface area contributed by atoms with Crippen LogP contribution in [0.15, 0.2) is 60.8 Å². The van der Waals surface area contributed by atoms with E-state index in [0.29, 0.717) is 21.9 Å². The van der Waals surface area contributed by atoms with E-state index in [1.807, 2.05) is 0 Å². The minimum Gasteiger partial charge on any atom is -0.505 e. The summed E-state index contributed by atoms with van der Waals surface area (Å²) in [5.41, 5.74) is 0.544. The number of aromatic nitrogens is 3. The Hall–Kier alpha value is -7.61. The Morgan fingerprint density at radius 1 is 0.679 bits per heavy atom. The van der Waals surface area contributed by atoms with Crippen LogP contribution in [0.25, 0.3) is 21.9 Å². The van der Waals surface area contributed by atoms with E-state index in [0.717, 1.165) is 43.1 Å². The van der Waals surface area contributed by atoms with Crippen molar-refractivity contribution in [2.45, 2.75) is 94.5 Å². The fourth-order valence-electron chi connectivity index (χ4n) is 9.08. The van der Waals surface area contributed by atoms with Crippen molar-refractivity contribution in [2.24, 2.45) is 11.8 Å². The highest BCUT2D eigenvalue weighted by atomic mass is 32.2. The topological polar surface area (TPSA) is 309 Å². The molecular weight excluding hydrogens is 1050 g/mol. The van der Waals surface area contributed by atoms with Crippen molar-refractivity contribution in [1.29, 1.82) is 0 Å². The first-order valence-corrected chi connectivity index (χ1v) is 27.3. The van der Waals surface area contributed by atoms with E-state index in [4.69, 9.17) is 9.47 Å². The number of rotatable bonds is 7. The summed E-state index contributed by atoms with van der Waals surface area (Å²) in [6, 6.07) is 2.71. The van der Waals surface area contributed by atoms with Crippen LogP contribution < -0.4 is 21.3 Å². The SMILES string of the molecule is CSC1SC[C@H]2C(=O)N(C)[C@@H](C(C)C)C(=O)OC[C@@H](NC(=O)c3cnc4ccccc4n3)C(=O)N[C@@H](C)C(=O)N(C)[C@@H]1C(=O)N(C)[C@@H](C(C)C)C(=O)OC[C@@H](NC(=O)c1nc3ccccc3cc1O)C(=O)N[C@@H](C)C(=O)N2C. The average Bonchev–Trinajstić information content (AvgIpc) is 3.43. The molecular formula is C52H65N11O13S2. The van der Waals surface area contributed by atoms with E-state index < -0.39 is 149 Å². The normalized spacial score (nSPS) is 25.2. The molecule has 78 heavy (non-hydrogen) atoms. The summed E-state index contributed by atoms with van der Waals surface area (Å²) in [6.45, 7) is 7.53. The number of hydrogen-bond acceptors (Lipinski definition) is 18. The molecule has 0 radical (unpaired) electrons. The van der Waals surface area contributed by atoms with Crippen molar-refractivity contribution < 1.29 is 62.5 Å². The van der Waals surface area contributed by atoms with Gasteiger partial charge in [0.2, 0.25) is 35.4 Å². The van der Waals surface area contributed by atoms with Crippen LogP contribution in [-0.4, -0.2) is 205 Å². The molecule has 6 rings (SSSR count). The molecule has 0 spiro atoms. The maximum atomic E-state index is 15.2. The number of thioether (sulfide) groups is 2. The molecule has 0 saturated carbocycles. The lowest BCUT2D eigenvalue weighted by atomic mass is 10.0. The summed E-state index contributed by atoms with van der Waals surface area (Å²) in [5.74, 6) is -11.3. The molecule has 5 N–H and O–H groups in total. The Morgan fingerprint density at radius 3 is 1.73 bits per heavy atom. The van der Waals surface area contributed by atoms with Crippen LogP contribution in [0, 0.1) is 11.8 Å². The molecule has 26 heteroatoms. The second kappa shape index (κ2) is 25.7. The highest BCUT2D eigenvalue weighted by Gasteiger charge is 2.45. The summed E-state index contributed by atoms with van der Waals surface area (Å²) in [7, 11) is 5.26. The molecule has 418 valence electrons. The second-order valence-corrected chi connectivity index (χ2v) is 22.1. The van der Waals surface area contributed by atoms with Crippen molar-refractivity contribution in [3.8, 4) is 5.75 Å². The van der Waals surface area contributed by atoms with Crippen molar-refractivity contribution in [3.63, 3.8) is 0 Å². The molecule has 2 aliphatic rings. The number of benzene rings is 2. The molecule has 8 amide bonds. The van der Waals surface area contributed by atoms with Gasteiger partial charge in [0.1, 0.15) is 73.0 Å². The van der Waals surface area contributed by atoms with Gasteiger partial charge in [-0.3, -0.25) is 43.3 Å². The molecule has 2 bridgehead atoms. The number of cyclic esters (lactones) is 2. The van der Waals surface area contributed by atoms with Gasteiger partial charge in [-0.15, -0.1) is 23.5 Å². The predicted molar refractivity (Wildman–Crippen MR) is 288 cm³/mol. The van der Waals surface area contributed by atoms with Gasteiger partial charge < -0.3 is 55.4 Å². The minimum atomic E-state index is -1.75. The smallest absolute Gasteiger partial charge is 0.329 e. The van der Waals surface area contributed by atoms with E-state index in [1.165, 1.54) is 54.3 Å². The van der Waals surface area contributed by atoms with E-state index in [2.05, 4.69) is 36.2 Å². The monoisotopic (exact) mass is 1120 g/mol. The molecule has 4 heterocycles. The van der Waals surface area contributed by atoms with E-state index in [-0.39, 0.29) is 11.4 Å². The zero-order valence-electron chi connectivity index (χ0n) is 45.0. The first kappa shape index (κ1) is 59.6. The summed E-state index contributed by atoms with van der Waals surface area (Å²) in [6.07, 6.45) is 2.85.